The molecule has 152 valence electrons. The molecule has 2 aromatic heterocycles. The molecule has 1 amide bonds. The van der Waals surface area contributed by atoms with Crippen LogP contribution in [0.4, 0.5) is 0 Å². The Kier molecular flexibility index (Phi) is 5.27. The number of aromatic nitrogens is 2. The molecule has 1 aliphatic heterocycles. The monoisotopic (exact) mass is 413 g/mol. The minimum atomic E-state index is -0.258. The van der Waals surface area contributed by atoms with Crippen molar-refractivity contribution in [1.82, 2.24) is 15.3 Å². The van der Waals surface area contributed by atoms with Crippen LogP contribution in [0.5, 0.6) is 11.5 Å². The third-order valence-electron chi connectivity index (χ3n) is 5.30. The van der Waals surface area contributed by atoms with Gasteiger partial charge >= 0.3 is 0 Å². The predicted octanol–water partition coefficient (Wildman–Crippen LogP) is 2.52. The number of amides is 1. The van der Waals surface area contributed by atoms with Gasteiger partial charge in [0.2, 0.25) is 5.91 Å². The third-order valence-corrected chi connectivity index (χ3v) is 6.40. The minimum Gasteiger partial charge on any atom is -0.493 e. The molecule has 3 aromatic rings. The summed E-state index contributed by atoms with van der Waals surface area (Å²) in [5.74, 6) is 1.66. The quantitative estimate of drug-likeness (QED) is 0.670. The first-order valence-corrected chi connectivity index (χ1v) is 10.3. The molecular formula is C21H23N3O4S. The fourth-order valence-corrected chi connectivity index (χ4v) is 4.64. The Labute approximate surface area is 172 Å². The second kappa shape index (κ2) is 7.87. The molecule has 1 atom stereocenters. The molecule has 0 radical (unpaired) electrons. The van der Waals surface area contributed by atoms with Crippen LogP contribution in [0.25, 0.3) is 10.2 Å². The van der Waals surface area contributed by atoms with Gasteiger partial charge in [-0.2, -0.15) is 0 Å². The zero-order chi connectivity index (χ0) is 20.5. The highest BCUT2D eigenvalue weighted by molar-refractivity contribution is 7.18. The summed E-state index contributed by atoms with van der Waals surface area (Å²) in [6.45, 7) is 4.64. The van der Waals surface area contributed by atoms with E-state index in [1.807, 2.05) is 32.0 Å². The number of carbonyl (C=O) groups is 1. The van der Waals surface area contributed by atoms with Crippen molar-refractivity contribution in [2.45, 2.75) is 26.7 Å². The maximum absolute atomic E-state index is 12.6. The standard InChI is InChI=1S/C21H23N3O4S/c1-11-12(2)29-21-17(11)20(26)23-16(24-21)7-8-22-19(25)14-9-13-5-4-6-15(27-3)18(13)28-10-14/h4-6,14H,7-10H2,1-3H3,(H,22,25)(H,23,24,26)/t14-/m1/s1. The number of carbonyl (C=O) groups excluding carboxylic acids is 1. The molecular weight excluding hydrogens is 390 g/mol. The van der Waals surface area contributed by atoms with Crippen molar-refractivity contribution in [3.63, 3.8) is 0 Å². The van der Waals surface area contributed by atoms with Gasteiger partial charge in [-0.1, -0.05) is 12.1 Å². The molecule has 0 saturated carbocycles. The lowest BCUT2D eigenvalue weighted by Crippen LogP contribution is -2.38. The van der Waals surface area contributed by atoms with Crippen LogP contribution >= 0.6 is 11.3 Å². The van der Waals surface area contributed by atoms with Crippen molar-refractivity contribution in [3.8, 4) is 11.5 Å². The molecule has 0 aliphatic carbocycles. The lowest BCUT2D eigenvalue weighted by atomic mass is 9.95. The van der Waals surface area contributed by atoms with E-state index in [1.165, 1.54) is 11.3 Å². The lowest BCUT2D eigenvalue weighted by molar-refractivity contribution is -0.126. The summed E-state index contributed by atoms with van der Waals surface area (Å²) in [5, 5.41) is 3.60. The second-order valence-corrected chi connectivity index (χ2v) is 8.38. The van der Waals surface area contributed by atoms with E-state index in [0.717, 1.165) is 26.6 Å². The Morgan fingerprint density at radius 3 is 3.03 bits per heavy atom. The molecule has 0 bridgehead atoms. The summed E-state index contributed by atoms with van der Waals surface area (Å²) < 4.78 is 11.1. The largest absolute Gasteiger partial charge is 0.493 e. The minimum absolute atomic E-state index is 0.0651. The Morgan fingerprint density at radius 2 is 2.24 bits per heavy atom. The lowest BCUT2D eigenvalue weighted by Gasteiger charge is -2.25. The summed E-state index contributed by atoms with van der Waals surface area (Å²) in [6, 6.07) is 5.69. The van der Waals surface area contributed by atoms with Gasteiger partial charge in [0.05, 0.1) is 18.4 Å². The number of aromatic amines is 1. The van der Waals surface area contributed by atoms with Gasteiger partial charge in [0.25, 0.3) is 5.56 Å². The number of nitrogens with zero attached hydrogens (tertiary/aromatic N) is 1. The van der Waals surface area contributed by atoms with Gasteiger partial charge in [-0.05, 0) is 37.5 Å². The highest BCUT2D eigenvalue weighted by atomic mass is 32.1. The van der Waals surface area contributed by atoms with Crippen molar-refractivity contribution in [3.05, 3.63) is 50.4 Å². The van der Waals surface area contributed by atoms with Crippen LogP contribution in [0.1, 0.15) is 21.8 Å². The molecule has 8 heteroatoms. The molecule has 4 rings (SSSR count). The van der Waals surface area contributed by atoms with Crippen molar-refractivity contribution >= 4 is 27.5 Å². The fraction of sp³-hybridized carbons (Fsp3) is 0.381. The van der Waals surface area contributed by atoms with E-state index in [9.17, 15) is 9.59 Å². The van der Waals surface area contributed by atoms with Crippen LogP contribution in [0.15, 0.2) is 23.0 Å². The summed E-state index contributed by atoms with van der Waals surface area (Å²) in [7, 11) is 1.60. The number of nitrogens with one attached hydrogen (secondary N) is 2. The fourth-order valence-electron chi connectivity index (χ4n) is 3.59. The average molecular weight is 413 g/mol. The van der Waals surface area contributed by atoms with Crippen LogP contribution < -0.4 is 20.3 Å². The highest BCUT2D eigenvalue weighted by Gasteiger charge is 2.27. The number of methoxy groups -OCH3 is 1. The van der Waals surface area contributed by atoms with Crippen LogP contribution in [-0.4, -0.2) is 36.1 Å². The zero-order valence-electron chi connectivity index (χ0n) is 16.6. The summed E-state index contributed by atoms with van der Waals surface area (Å²) in [6.07, 6.45) is 1.07. The Morgan fingerprint density at radius 1 is 1.41 bits per heavy atom. The zero-order valence-corrected chi connectivity index (χ0v) is 17.4. The van der Waals surface area contributed by atoms with E-state index in [2.05, 4.69) is 15.3 Å². The topological polar surface area (TPSA) is 93.3 Å². The van der Waals surface area contributed by atoms with E-state index < -0.39 is 0 Å². The maximum atomic E-state index is 12.6. The number of rotatable bonds is 5. The molecule has 1 aromatic carbocycles. The summed E-state index contributed by atoms with van der Waals surface area (Å²) in [4.78, 5) is 34.1. The van der Waals surface area contributed by atoms with Gasteiger partial charge in [-0.3, -0.25) is 9.59 Å². The van der Waals surface area contributed by atoms with Gasteiger partial charge in [-0.25, -0.2) is 4.98 Å². The number of H-pyrrole nitrogens is 1. The second-order valence-electron chi connectivity index (χ2n) is 7.18. The first-order chi connectivity index (χ1) is 14.0. The van der Waals surface area contributed by atoms with Crippen molar-refractivity contribution in [2.24, 2.45) is 5.92 Å². The molecule has 7 nitrogen and oxygen atoms in total. The Hall–Kier alpha value is -2.87. The van der Waals surface area contributed by atoms with Crippen molar-refractivity contribution in [1.29, 1.82) is 0 Å². The number of para-hydroxylation sites is 1. The van der Waals surface area contributed by atoms with E-state index in [0.29, 0.717) is 43.0 Å². The van der Waals surface area contributed by atoms with Gasteiger partial charge in [0, 0.05) is 17.8 Å². The van der Waals surface area contributed by atoms with E-state index >= 15 is 0 Å². The van der Waals surface area contributed by atoms with Crippen LogP contribution in [-0.2, 0) is 17.6 Å². The Bertz CT molecular complexity index is 1130. The first-order valence-electron chi connectivity index (χ1n) is 9.53. The summed E-state index contributed by atoms with van der Waals surface area (Å²) in [5.41, 5.74) is 1.83. The molecule has 0 unspecified atom stereocenters. The van der Waals surface area contributed by atoms with E-state index in [1.54, 1.807) is 7.11 Å². The Balaban J connectivity index is 1.38. The molecule has 0 spiro atoms. The van der Waals surface area contributed by atoms with Crippen LogP contribution in [0.2, 0.25) is 0 Å². The van der Waals surface area contributed by atoms with Crippen molar-refractivity contribution < 1.29 is 14.3 Å². The predicted molar refractivity (Wildman–Crippen MR) is 112 cm³/mol. The number of aryl methyl sites for hydroxylation is 2. The normalized spacial score (nSPS) is 15.6. The van der Waals surface area contributed by atoms with Crippen molar-refractivity contribution in [2.75, 3.05) is 20.3 Å². The van der Waals surface area contributed by atoms with Gasteiger partial charge < -0.3 is 19.8 Å². The van der Waals surface area contributed by atoms with Gasteiger partial charge in [-0.15, -0.1) is 11.3 Å². The number of hydrogen-bond donors (Lipinski definition) is 2. The molecule has 2 N–H and O–H groups in total. The summed E-state index contributed by atoms with van der Waals surface area (Å²) >= 11 is 1.52. The SMILES string of the molecule is COc1cccc2c1OC[C@H](C(=O)NCCc1nc3sc(C)c(C)c3c(=O)[nH]1)C2. The molecule has 0 fully saturated rings. The van der Waals surface area contributed by atoms with Crippen LogP contribution in [0, 0.1) is 19.8 Å². The van der Waals surface area contributed by atoms with Crippen LogP contribution in [0.3, 0.4) is 0 Å². The molecule has 1 aliphatic rings. The molecule has 29 heavy (non-hydrogen) atoms. The van der Waals surface area contributed by atoms with E-state index in [-0.39, 0.29) is 17.4 Å². The average Bonchev–Trinajstić information content (AvgIpc) is 3.00. The van der Waals surface area contributed by atoms with E-state index in [4.69, 9.17) is 9.47 Å². The maximum Gasteiger partial charge on any atom is 0.259 e. The number of thiophene rings is 1. The number of ether oxygens (including phenoxy) is 2. The van der Waals surface area contributed by atoms with Gasteiger partial charge in [0.1, 0.15) is 17.3 Å². The number of benzene rings is 1. The highest BCUT2D eigenvalue weighted by Crippen LogP contribution is 2.36. The molecule has 3 heterocycles. The third kappa shape index (κ3) is 3.72. The van der Waals surface area contributed by atoms with Gasteiger partial charge in [0.15, 0.2) is 11.5 Å². The first kappa shape index (κ1) is 19.4. The smallest absolute Gasteiger partial charge is 0.259 e. The number of hydrogen-bond acceptors (Lipinski definition) is 6. The molecule has 0 saturated heterocycles. The number of fused-ring (bicyclic) bond motifs is 2.